The van der Waals surface area contributed by atoms with Gasteiger partial charge in [0.15, 0.2) is 0 Å². The van der Waals surface area contributed by atoms with Crippen LogP contribution in [0.1, 0.15) is 22.9 Å². The van der Waals surface area contributed by atoms with Crippen LogP contribution in [0.4, 0.5) is 0 Å². The van der Waals surface area contributed by atoms with E-state index >= 15 is 0 Å². The molecule has 1 aromatic heterocycles. The molecule has 0 aliphatic carbocycles. The summed E-state index contributed by atoms with van der Waals surface area (Å²) in [6.07, 6.45) is 0. The van der Waals surface area contributed by atoms with Gasteiger partial charge in [0, 0.05) is 4.47 Å². The molecule has 1 N–H and O–H groups in total. The zero-order valence-corrected chi connectivity index (χ0v) is 11.6. The maximum absolute atomic E-state index is 10.6. The Labute approximate surface area is 108 Å². The normalized spacial score (nSPS) is 14.8. The Morgan fingerprint density at radius 2 is 2.06 bits per heavy atom. The number of hydrogen-bond acceptors (Lipinski definition) is 2. The number of halogens is 1. The standard InChI is InChI=1S/C13H13BrOS/c1-9-4-3-5-10(8-9)13(2,15)12-11(14)6-7-16-12/h3-8,15H,1-2H3. The molecule has 2 rings (SSSR count). The molecular weight excluding hydrogens is 284 g/mol. The summed E-state index contributed by atoms with van der Waals surface area (Å²) in [5, 5.41) is 12.6. The molecule has 2 aromatic rings. The third-order valence-electron chi connectivity index (χ3n) is 2.64. The van der Waals surface area contributed by atoms with Crippen molar-refractivity contribution in [3.8, 4) is 0 Å². The van der Waals surface area contributed by atoms with Gasteiger partial charge in [-0.2, -0.15) is 0 Å². The van der Waals surface area contributed by atoms with Gasteiger partial charge in [-0.25, -0.2) is 0 Å². The number of thiophene rings is 1. The average Bonchev–Trinajstić information content (AvgIpc) is 2.65. The van der Waals surface area contributed by atoms with Crippen LogP contribution in [0, 0.1) is 6.92 Å². The van der Waals surface area contributed by atoms with Crippen molar-refractivity contribution in [2.24, 2.45) is 0 Å². The SMILES string of the molecule is Cc1cccc(C(C)(O)c2sccc2Br)c1. The molecule has 0 saturated carbocycles. The number of benzene rings is 1. The second-order valence-corrected chi connectivity index (χ2v) is 5.81. The van der Waals surface area contributed by atoms with E-state index in [9.17, 15) is 5.11 Å². The lowest BCUT2D eigenvalue weighted by Crippen LogP contribution is -2.21. The molecular formula is C13H13BrOS. The van der Waals surface area contributed by atoms with Crippen LogP contribution < -0.4 is 0 Å². The first-order valence-corrected chi connectivity index (χ1v) is 6.72. The van der Waals surface area contributed by atoms with Gasteiger partial charge >= 0.3 is 0 Å². The largest absolute Gasteiger partial charge is 0.380 e. The Morgan fingerprint density at radius 3 is 2.62 bits per heavy atom. The van der Waals surface area contributed by atoms with E-state index in [1.165, 1.54) is 0 Å². The van der Waals surface area contributed by atoms with Crippen molar-refractivity contribution in [1.82, 2.24) is 0 Å². The van der Waals surface area contributed by atoms with Crippen LogP contribution >= 0.6 is 27.3 Å². The third-order valence-corrected chi connectivity index (χ3v) is 4.69. The summed E-state index contributed by atoms with van der Waals surface area (Å²) in [6.45, 7) is 3.86. The molecule has 1 nitrogen and oxygen atoms in total. The van der Waals surface area contributed by atoms with Crippen LogP contribution in [-0.2, 0) is 5.60 Å². The fourth-order valence-electron chi connectivity index (χ4n) is 1.72. The molecule has 0 amide bonds. The van der Waals surface area contributed by atoms with Crippen LogP contribution in [0.3, 0.4) is 0 Å². The Hall–Kier alpha value is -0.640. The maximum Gasteiger partial charge on any atom is 0.122 e. The molecule has 1 unspecified atom stereocenters. The molecule has 1 atom stereocenters. The molecule has 0 radical (unpaired) electrons. The zero-order valence-electron chi connectivity index (χ0n) is 9.20. The van der Waals surface area contributed by atoms with Crippen molar-refractivity contribution in [3.63, 3.8) is 0 Å². The van der Waals surface area contributed by atoms with Crippen LogP contribution in [0.15, 0.2) is 40.2 Å². The highest BCUT2D eigenvalue weighted by atomic mass is 79.9. The third kappa shape index (κ3) is 2.08. The van der Waals surface area contributed by atoms with Crippen molar-refractivity contribution in [2.75, 3.05) is 0 Å². The van der Waals surface area contributed by atoms with E-state index in [0.29, 0.717) is 0 Å². The van der Waals surface area contributed by atoms with E-state index in [4.69, 9.17) is 0 Å². The lowest BCUT2D eigenvalue weighted by atomic mass is 9.93. The second-order valence-electron chi connectivity index (χ2n) is 4.04. The fourth-order valence-corrected chi connectivity index (χ4v) is 3.56. The number of aryl methyl sites for hydroxylation is 1. The monoisotopic (exact) mass is 296 g/mol. The van der Waals surface area contributed by atoms with E-state index < -0.39 is 5.60 Å². The number of hydrogen-bond donors (Lipinski definition) is 1. The van der Waals surface area contributed by atoms with Gasteiger partial charge in [-0.1, -0.05) is 29.8 Å². The summed E-state index contributed by atoms with van der Waals surface area (Å²) in [6, 6.07) is 9.94. The summed E-state index contributed by atoms with van der Waals surface area (Å²) in [5.41, 5.74) is 1.15. The van der Waals surface area contributed by atoms with Gasteiger partial charge in [0.05, 0.1) is 4.88 Å². The maximum atomic E-state index is 10.6. The molecule has 0 saturated heterocycles. The predicted molar refractivity (Wildman–Crippen MR) is 71.9 cm³/mol. The van der Waals surface area contributed by atoms with Gasteiger partial charge in [-0.15, -0.1) is 11.3 Å². The lowest BCUT2D eigenvalue weighted by Gasteiger charge is -2.23. The molecule has 16 heavy (non-hydrogen) atoms. The summed E-state index contributed by atoms with van der Waals surface area (Å²) in [5.74, 6) is 0. The first kappa shape index (κ1) is 11.8. The van der Waals surface area contributed by atoms with Crippen LogP contribution in [0.5, 0.6) is 0 Å². The van der Waals surface area contributed by atoms with E-state index in [1.807, 2.05) is 49.6 Å². The second kappa shape index (κ2) is 4.32. The van der Waals surface area contributed by atoms with Crippen molar-refractivity contribution < 1.29 is 5.11 Å². The van der Waals surface area contributed by atoms with Gasteiger partial charge in [-0.3, -0.25) is 0 Å². The average molecular weight is 297 g/mol. The highest BCUT2D eigenvalue weighted by Gasteiger charge is 2.28. The van der Waals surface area contributed by atoms with E-state index in [2.05, 4.69) is 15.9 Å². The summed E-state index contributed by atoms with van der Waals surface area (Å²) in [4.78, 5) is 0.943. The molecule has 3 heteroatoms. The molecule has 0 fully saturated rings. The first-order valence-electron chi connectivity index (χ1n) is 5.05. The zero-order chi connectivity index (χ0) is 11.8. The topological polar surface area (TPSA) is 20.2 Å². The van der Waals surface area contributed by atoms with Crippen LogP contribution in [0.25, 0.3) is 0 Å². The fraction of sp³-hybridized carbons (Fsp3) is 0.231. The quantitative estimate of drug-likeness (QED) is 0.885. The lowest BCUT2D eigenvalue weighted by molar-refractivity contribution is 0.105. The van der Waals surface area contributed by atoms with Crippen molar-refractivity contribution in [1.29, 1.82) is 0 Å². The Kier molecular flexibility index (Phi) is 3.19. The minimum absolute atomic E-state index is 0.927. The summed E-state index contributed by atoms with van der Waals surface area (Å²) >= 11 is 5.03. The molecule has 1 aromatic carbocycles. The molecule has 0 aliphatic heterocycles. The molecule has 0 bridgehead atoms. The molecule has 84 valence electrons. The van der Waals surface area contributed by atoms with Gasteiger partial charge in [-0.05, 0) is 46.8 Å². The minimum atomic E-state index is -0.932. The van der Waals surface area contributed by atoms with Gasteiger partial charge in [0.1, 0.15) is 5.60 Å². The van der Waals surface area contributed by atoms with Crippen molar-refractivity contribution >= 4 is 27.3 Å². The first-order chi connectivity index (χ1) is 7.51. The highest BCUT2D eigenvalue weighted by Crippen LogP contribution is 2.37. The Balaban J connectivity index is 2.51. The molecule has 0 aliphatic rings. The predicted octanol–water partition coefficient (Wildman–Crippen LogP) is 4.07. The van der Waals surface area contributed by atoms with E-state index in [1.54, 1.807) is 11.3 Å². The minimum Gasteiger partial charge on any atom is -0.380 e. The summed E-state index contributed by atoms with van der Waals surface area (Å²) < 4.78 is 0.962. The van der Waals surface area contributed by atoms with Gasteiger partial charge in [0.2, 0.25) is 0 Å². The molecule has 1 heterocycles. The smallest absolute Gasteiger partial charge is 0.122 e. The van der Waals surface area contributed by atoms with Gasteiger partial charge in [0.25, 0.3) is 0 Å². The van der Waals surface area contributed by atoms with Crippen LogP contribution in [0.2, 0.25) is 0 Å². The van der Waals surface area contributed by atoms with E-state index in [0.717, 1.165) is 20.5 Å². The Morgan fingerprint density at radius 1 is 1.31 bits per heavy atom. The Bertz CT molecular complexity index is 502. The van der Waals surface area contributed by atoms with Crippen molar-refractivity contribution in [2.45, 2.75) is 19.4 Å². The van der Waals surface area contributed by atoms with Crippen molar-refractivity contribution in [3.05, 3.63) is 56.2 Å². The van der Waals surface area contributed by atoms with Crippen LogP contribution in [-0.4, -0.2) is 5.11 Å². The highest BCUT2D eigenvalue weighted by molar-refractivity contribution is 9.10. The van der Waals surface area contributed by atoms with Gasteiger partial charge < -0.3 is 5.11 Å². The number of rotatable bonds is 2. The van der Waals surface area contributed by atoms with E-state index in [-0.39, 0.29) is 0 Å². The number of aliphatic hydroxyl groups is 1. The molecule has 0 spiro atoms. The summed E-state index contributed by atoms with van der Waals surface area (Å²) in [7, 11) is 0.